The molecule has 0 aliphatic rings. The molecule has 2 aromatic rings. The van der Waals surface area contributed by atoms with Gasteiger partial charge in [0, 0.05) is 6.07 Å². The summed E-state index contributed by atoms with van der Waals surface area (Å²) in [4.78, 5) is 8.65. The molecule has 0 bridgehead atoms. The maximum atomic E-state index is 12.8. The molecule has 0 aromatic heterocycles. The molecule has 0 spiro atoms. The van der Waals surface area contributed by atoms with E-state index in [2.05, 4.69) is 4.18 Å². The Balaban J connectivity index is 2.44. The summed E-state index contributed by atoms with van der Waals surface area (Å²) < 4.78 is 106. The molecule has 0 saturated carbocycles. The van der Waals surface area contributed by atoms with Gasteiger partial charge >= 0.3 is 12.4 Å². The van der Waals surface area contributed by atoms with Crippen LogP contribution in [0.25, 0.3) is 0 Å². The van der Waals surface area contributed by atoms with Crippen molar-refractivity contribution in [2.45, 2.75) is 23.9 Å². The van der Waals surface area contributed by atoms with Gasteiger partial charge in [-0.3, -0.25) is 14.3 Å². The largest absolute Gasteiger partial charge is 0.416 e. The van der Waals surface area contributed by atoms with Crippen LogP contribution in [0.15, 0.2) is 47.4 Å². The predicted molar refractivity (Wildman–Crippen MR) is 81.5 cm³/mol. The summed E-state index contributed by atoms with van der Waals surface area (Å²) in [5.41, 5.74) is -4.44. The Morgan fingerprint density at radius 2 is 1.43 bits per heavy atom. The quantitative estimate of drug-likeness (QED) is 0.302. The number of alkyl halides is 6. The van der Waals surface area contributed by atoms with Crippen LogP contribution in [0.4, 0.5) is 32.0 Å². The van der Waals surface area contributed by atoms with Crippen molar-refractivity contribution in [2.75, 3.05) is 0 Å². The Labute approximate surface area is 153 Å². The Kier molecular flexibility index (Phi) is 5.71. The second-order valence-electron chi connectivity index (χ2n) is 5.34. The number of para-hydroxylation sites is 1. The third-order valence-corrected chi connectivity index (χ3v) is 4.65. The van der Waals surface area contributed by atoms with Gasteiger partial charge in [0.25, 0.3) is 15.8 Å². The maximum Gasteiger partial charge on any atom is 0.416 e. The van der Waals surface area contributed by atoms with Gasteiger partial charge in [-0.1, -0.05) is 12.1 Å². The summed E-state index contributed by atoms with van der Waals surface area (Å²) in [6, 6.07) is 4.48. The second-order valence-corrected chi connectivity index (χ2v) is 6.96. The zero-order valence-electron chi connectivity index (χ0n) is 13.4. The number of hydrogen-bond acceptors (Lipinski definition) is 5. The molecule has 2 aromatic carbocycles. The Hall–Kier alpha value is -2.67. The average Bonchev–Trinajstić information content (AvgIpc) is 2.58. The van der Waals surface area contributed by atoms with Crippen LogP contribution >= 0.6 is 0 Å². The van der Waals surface area contributed by atoms with Gasteiger partial charge in [-0.25, -0.2) is 0 Å². The number of halogens is 6. The first-order valence-electron chi connectivity index (χ1n) is 7.13. The molecule has 2 rings (SSSR count). The lowest BCUT2D eigenvalue weighted by atomic mass is 10.1. The number of rotatable bonds is 5. The van der Waals surface area contributed by atoms with E-state index in [1.165, 1.54) is 12.1 Å². The summed E-state index contributed by atoms with van der Waals surface area (Å²) in [6.45, 7) is -0.961. The van der Waals surface area contributed by atoms with E-state index >= 15 is 0 Å². The van der Waals surface area contributed by atoms with E-state index in [4.69, 9.17) is 0 Å². The summed E-state index contributed by atoms with van der Waals surface area (Å²) in [7, 11) is -5.09. The van der Waals surface area contributed by atoms with Crippen molar-refractivity contribution >= 4 is 15.8 Å². The van der Waals surface area contributed by atoms with Crippen LogP contribution in [0.2, 0.25) is 0 Å². The second kappa shape index (κ2) is 7.39. The Bertz CT molecular complexity index is 968. The zero-order valence-corrected chi connectivity index (χ0v) is 14.2. The minimum Gasteiger partial charge on any atom is -0.261 e. The number of hydrogen-bond donors (Lipinski definition) is 0. The molecule has 0 unspecified atom stereocenters. The molecule has 0 heterocycles. The van der Waals surface area contributed by atoms with Gasteiger partial charge in [0.2, 0.25) is 0 Å². The fourth-order valence-corrected chi connectivity index (χ4v) is 3.05. The minimum absolute atomic E-state index is 0.00994. The van der Waals surface area contributed by atoms with Crippen LogP contribution < -0.4 is 0 Å². The van der Waals surface area contributed by atoms with E-state index in [1.807, 2.05) is 0 Å². The van der Waals surface area contributed by atoms with Gasteiger partial charge in [0.1, 0.15) is 0 Å². The highest BCUT2D eigenvalue weighted by molar-refractivity contribution is 7.86. The number of nitro groups is 1. The lowest BCUT2D eigenvalue weighted by Gasteiger charge is -2.14. The monoisotopic (exact) mass is 429 g/mol. The molecule has 0 radical (unpaired) electrons. The summed E-state index contributed by atoms with van der Waals surface area (Å²) >= 11 is 0. The third kappa shape index (κ3) is 4.98. The Morgan fingerprint density at radius 1 is 0.929 bits per heavy atom. The minimum atomic E-state index is -5.25. The third-order valence-electron chi connectivity index (χ3n) is 3.41. The summed E-state index contributed by atoms with van der Waals surface area (Å²) in [5, 5.41) is 10.9. The maximum absolute atomic E-state index is 12.8. The molecular formula is C15H9F6NO5S. The van der Waals surface area contributed by atoms with Crippen LogP contribution in [0.3, 0.4) is 0 Å². The smallest absolute Gasteiger partial charge is 0.261 e. The highest BCUT2D eigenvalue weighted by atomic mass is 32.2. The first-order valence-corrected chi connectivity index (χ1v) is 8.54. The molecule has 0 atom stereocenters. The molecule has 0 saturated heterocycles. The molecule has 28 heavy (non-hydrogen) atoms. The highest BCUT2D eigenvalue weighted by Crippen LogP contribution is 2.37. The van der Waals surface area contributed by atoms with Crippen molar-refractivity contribution < 1.29 is 43.9 Å². The van der Waals surface area contributed by atoms with Gasteiger partial charge < -0.3 is 0 Å². The van der Waals surface area contributed by atoms with Crippen LogP contribution in [0.1, 0.15) is 16.7 Å². The van der Waals surface area contributed by atoms with Crippen molar-refractivity contribution in [3.8, 4) is 0 Å². The lowest BCUT2D eigenvalue weighted by Crippen LogP contribution is -2.15. The zero-order chi connectivity index (χ0) is 21.3. The number of nitro benzene ring substituents is 1. The van der Waals surface area contributed by atoms with Crippen LogP contribution in [0, 0.1) is 10.1 Å². The van der Waals surface area contributed by atoms with Crippen molar-refractivity contribution in [2.24, 2.45) is 0 Å². The molecule has 0 amide bonds. The van der Waals surface area contributed by atoms with E-state index in [1.54, 1.807) is 0 Å². The Morgan fingerprint density at radius 3 is 1.89 bits per heavy atom. The van der Waals surface area contributed by atoms with Crippen LogP contribution in [0.5, 0.6) is 0 Å². The molecule has 0 aliphatic heterocycles. The SMILES string of the molecule is O=[N+]([O-])c1ccccc1COS(=O)(=O)c1cc(C(F)(F)F)cc(C(F)(F)F)c1. The topological polar surface area (TPSA) is 86.5 Å². The number of nitrogens with zero attached hydrogens (tertiary/aromatic N) is 1. The molecule has 0 N–H and O–H groups in total. The molecule has 6 nitrogen and oxygen atoms in total. The molecule has 152 valence electrons. The fraction of sp³-hybridized carbons (Fsp3) is 0.200. The van der Waals surface area contributed by atoms with Gasteiger partial charge in [-0.15, -0.1) is 0 Å². The highest BCUT2D eigenvalue weighted by Gasteiger charge is 2.38. The standard InChI is InChI=1S/C15H9F6NO5S/c16-14(17,18)10-5-11(15(19,20)21)7-12(6-10)28(25,26)27-8-9-3-1-2-4-13(9)22(23)24/h1-7H,8H2. The van der Waals surface area contributed by atoms with Gasteiger partial charge in [0.05, 0.1) is 33.1 Å². The van der Waals surface area contributed by atoms with Crippen LogP contribution in [-0.2, 0) is 33.3 Å². The fourth-order valence-electron chi connectivity index (χ4n) is 2.09. The van der Waals surface area contributed by atoms with Crippen molar-refractivity contribution in [1.29, 1.82) is 0 Å². The van der Waals surface area contributed by atoms with E-state index in [-0.39, 0.29) is 23.8 Å². The van der Waals surface area contributed by atoms with E-state index in [9.17, 15) is 44.9 Å². The van der Waals surface area contributed by atoms with Gasteiger partial charge in [-0.05, 0) is 24.3 Å². The van der Waals surface area contributed by atoms with Gasteiger partial charge in [-0.2, -0.15) is 34.8 Å². The summed E-state index contributed by atoms with van der Waals surface area (Å²) in [5.74, 6) is 0. The number of benzene rings is 2. The van der Waals surface area contributed by atoms with E-state index < -0.39 is 55.7 Å². The predicted octanol–water partition coefficient (Wildman–Crippen LogP) is 4.54. The molecule has 13 heteroatoms. The lowest BCUT2D eigenvalue weighted by molar-refractivity contribution is -0.385. The normalized spacial score (nSPS) is 12.8. The first-order chi connectivity index (χ1) is 12.7. The molecule has 0 aliphatic carbocycles. The van der Waals surface area contributed by atoms with Crippen molar-refractivity contribution in [3.05, 3.63) is 69.3 Å². The molecule has 0 fully saturated rings. The van der Waals surface area contributed by atoms with Crippen molar-refractivity contribution in [3.63, 3.8) is 0 Å². The van der Waals surface area contributed by atoms with Crippen molar-refractivity contribution in [1.82, 2.24) is 0 Å². The summed E-state index contributed by atoms with van der Waals surface area (Å²) in [6.07, 6.45) is -10.5. The van der Waals surface area contributed by atoms with E-state index in [0.29, 0.717) is 0 Å². The first kappa shape index (κ1) is 21.6. The van der Waals surface area contributed by atoms with Crippen LogP contribution in [-0.4, -0.2) is 13.3 Å². The van der Waals surface area contributed by atoms with Gasteiger partial charge in [0.15, 0.2) is 0 Å². The van der Waals surface area contributed by atoms with E-state index in [0.717, 1.165) is 12.1 Å². The average molecular weight is 429 g/mol. The molecular weight excluding hydrogens is 420 g/mol.